The van der Waals surface area contributed by atoms with E-state index in [1.807, 2.05) is 43.1 Å². The molecule has 1 unspecified atom stereocenters. The number of carbonyl (C=O) groups excluding carboxylic acids is 1. The Morgan fingerprint density at radius 2 is 2.11 bits per heavy atom. The summed E-state index contributed by atoms with van der Waals surface area (Å²) in [7, 11) is 1.88. The standard InChI is InChI=1S/C14H19N3OS/c1-9(14(18)16-10-7-8-10)17(2)12-6-4-3-5-11(12)13(15)19/h3-6,9-10H,7-8H2,1-2H3,(H2,15,19)(H,16,18). The summed E-state index contributed by atoms with van der Waals surface area (Å²) >= 11 is 5.05. The number of benzene rings is 1. The highest BCUT2D eigenvalue weighted by molar-refractivity contribution is 7.80. The molecule has 1 saturated carbocycles. The highest BCUT2D eigenvalue weighted by atomic mass is 32.1. The Morgan fingerprint density at radius 3 is 2.68 bits per heavy atom. The average Bonchev–Trinajstić information content (AvgIpc) is 3.20. The Hall–Kier alpha value is -1.62. The number of nitrogens with two attached hydrogens (primary N) is 1. The molecule has 0 heterocycles. The fourth-order valence-corrected chi connectivity index (χ4v) is 2.10. The molecule has 1 fully saturated rings. The van der Waals surface area contributed by atoms with Gasteiger partial charge in [0.1, 0.15) is 11.0 Å². The molecule has 1 aliphatic rings. The van der Waals surface area contributed by atoms with Gasteiger partial charge >= 0.3 is 0 Å². The SMILES string of the molecule is CC(C(=O)NC1CC1)N(C)c1ccccc1C(N)=S. The van der Waals surface area contributed by atoms with Crippen molar-refractivity contribution >= 4 is 28.8 Å². The number of hydrogen-bond donors (Lipinski definition) is 2. The van der Waals surface area contributed by atoms with Crippen molar-refractivity contribution in [1.82, 2.24) is 5.32 Å². The van der Waals surface area contributed by atoms with Gasteiger partial charge in [0.2, 0.25) is 5.91 Å². The molecule has 1 aromatic rings. The van der Waals surface area contributed by atoms with E-state index < -0.39 is 0 Å². The quantitative estimate of drug-likeness (QED) is 0.799. The number of likely N-dealkylation sites (N-methyl/N-ethyl adjacent to an activating group) is 1. The number of thiocarbonyl (C=S) groups is 1. The van der Waals surface area contributed by atoms with Crippen molar-refractivity contribution in [2.45, 2.75) is 31.8 Å². The lowest BCUT2D eigenvalue weighted by molar-refractivity contribution is -0.122. The second-order valence-corrected chi connectivity index (χ2v) is 5.39. The van der Waals surface area contributed by atoms with Gasteiger partial charge in [-0.15, -0.1) is 0 Å². The molecule has 0 spiro atoms. The highest BCUT2D eigenvalue weighted by Gasteiger charge is 2.27. The monoisotopic (exact) mass is 277 g/mol. The van der Waals surface area contributed by atoms with Gasteiger partial charge in [0, 0.05) is 24.3 Å². The zero-order valence-corrected chi connectivity index (χ0v) is 12.0. The molecule has 102 valence electrons. The summed E-state index contributed by atoms with van der Waals surface area (Å²) in [5.41, 5.74) is 7.40. The molecule has 0 radical (unpaired) electrons. The van der Waals surface area contributed by atoms with Crippen LogP contribution in [0.4, 0.5) is 5.69 Å². The van der Waals surface area contributed by atoms with Gasteiger partial charge in [-0.2, -0.15) is 0 Å². The van der Waals surface area contributed by atoms with E-state index in [2.05, 4.69) is 5.32 Å². The molecular formula is C14H19N3OS. The number of hydrogen-bond acceptors (Lipinski definition) is 3. The lowest BCUT2D eigenvalue weighted by Gasteiger charge is -2.28. The summed E-state index contributed by atoms with van der Waals surface area (Å²) in [6, 6.07) is 7.72. The van der Waals surface area contributed by atoms with E-state index in [-0.39, 0.29) is 11.9 Å². The van der Waals surface area contributed by atoms with Crippen molar-refractivity contribution in [3.63, 3.8) is 0 Å². The van der Waals surface area contributed by atoms with E-state index >= 15 is 0 Å². The van der Waals surface area contributed by atoms with Crippen LogP contribution in [0.2, 0.25) is 0 Å². The maximum absolute atomic E-state index is 12.1. The molecular weight excluding hydrogens is 258 g/mol. The summed E-state index contributed by atoms with van der Waals surface area (Å²) < 4.78 is 0. The molecule has 0 saturated heterocycles. The molecule has 1 amide bonds. The summed E-state index contributed by atoms with van der Waals surface area (Å²) in [5, 5.41) is 3.01. The number of para-hydroxylation sites is 1. The van der Waals surface area contributed by atoms with Crippen LogP contribution < -0.4 is 16.0 Å². The minimum atomic E-state index is -0.254. The van der Waals surface area contributed by atoms with Crippen molar-refractivity contribution < 1.29 is 4.79 Å². The number of amides is 1. The molecule has 3 N–H and O–H groups in total. The van der Waals surface area contributed by atoms with Crippen LogP contribution in [0.1, 0.15) is 25.3 Å². The Balaban J connectivity index is 2.15. The number of carbonyl (C=O) groups is 1. The zero-order valence-electron chi connectivity index (χ0n) is 11.2. The van der Waals surface area contributed by atoms with Crippen LogP contribution in [-0.2, 0) is 4.79 Å². The first-order valence-corrected chi connectivity index (χ1v) is 6.83. The van der Waals surface area contributed by atoms with Crippen molar-refractivity contribution in [3.8, 4) is 0 Å². The fraction of sp³-hybridized carbons (Fsp3) is 0.429. The van der Waals surface area contributed by atoms with Crippen LogP contribution in [-0.4, -0.2) is 30.0 Å². The Morgan fingerprint density at radius 1 is 1.47 bits per heavy atom. The highest BCUT2D eigenvalue weighted by Crippen LogP contribution is 2.22. The topological polar surface area (TPSA) is 58.4 Å². The predicted octanol–water partition coefficient (Wildman–Crippen LogP) is 1.42. The molecule has 19 heavy (non-hydrogen) atoms. The van der Waals surface area contributed by atoms with Crippen LogP contribution in [0.5, 0.6) is 0 Å². The van der Waals surface area contributed by atoms with Gasteiger partial charge in [-0.05, 0) is 31.9 Å². The summed E-state index contributed by atoms with van der Waals surface area (Å²) in [6.45, 7) is 1.88. The van der Waals surface area contributed by atoms with Gasteiger partial charge in [0.05, 0.1) is 0 Å². The third-order valence-corrected chi connectivity index (χ3v) is 3.65. The van der Waals surface area contributed by atoms with E-state index in [9.17, 15) is 4.79 Å². The lowest BCUT2D eigenvalue weighted by Crippen LogP contribution is -2.44. The third-order valence-electron chi connectivity index (χ3n) is 3.43. The number of anilines is 1. The Kier molecular flexibility index (Phi) is 4.04. The van der Waals surface area contributed by atoms with Crippen LogP contribution in [0, 0.1) is 0 Å². The number of nitrogens with zero attached hydrogens (tertiary/aromatic N) is 1. The van der Waals surface area contributed by atoms with Crippen molar-refractivity contribution in [1.29, 1.82) is 0 Å². The van der Waals surface area contributed by atoms with Gasteiger partial charge in [-0.1, -0.05) is 24.4 Å². The van der Waals surface area contributed by atoms with Gasteiger partial charge < -0.3 is 16.0 Å². The van der Waals surface area contributed by atoms with E-state index in [4.69, 9.17) is 18.0 Å². The average molecular weight is 277 g/mol. The van der Waals surface area contributed by atoms with Gasteiger partial charge in [-0.25, -0.2) is 0 Å². The first-order chi connectivity index (χ1) is 9.00. The molecule has 0 aromatic heterocycles. The largest absolute Gasteiger partial charge is 0.389 e. The molecule has 2 rings (SSSR count). The second-order valence-electron chi connectivity index (χ2n) is 4.95. The van der Waals surface area contributed by atoms with E-state index in [0.717, 1.165) is 24.1 Å². The van der Waals surface area contributed by atoms with Crippen LogP contribution in [0.3, 0.4) is 0 Å². The van der Waals surface area contributed by atoms with Crippen LogP contribution >= 0.6 is 12.2 Å². The number of nitrogens with one attached hydrogen (secondary N) is 1. The fourth-order valence-electron chi connectivity index (χ4n) is 1.92. The molecule has 0 bridgehead atoms. The normalized spacial score (nSPS) is 15.7. The van der Waals surface area contributed by atoms with Crippen molar-refractivity contribution in [3.05, 3.63) is 29.8 Å². The Bertz CT molecular complexity index is 499. The molecule has 4 nitrogen and oxygen atoms in total. The molecule has 0 aliphatic heterocycles. The van der Waals surface area contributed by atoms with E-state index in [0.29, 0.717) is 11.0 Å². The molecule has 5 heteroatoms. The zero-order chi connectivity index (χ0) is 14.0. The maximum Gasteiger partial charge on any atom is 0.242 e. The summed E-state index contributed by atoms with van der Waals surface area (Å²) in [4.78, 5) is 14.3. The first kappa shape index (κ1) is 13.8. The minimum Gasteiger partial charge on any atom is -0.389 e. The number of rotatable bonds is 5. The van der Waals surface area contributed by atoms with Crippen LogP contribution in [0.25, 0.3) is 0 Å². The molecule has 1 aliphatic carbocycles. The van der Waals surface area contributed by atoms with Crippen molar-refractivity contribution in [2.75, 3.05) is 11.9 Å². The summed E-state index contributed by atoms with van der Waals surface area (Å²) in [5.74, 6) is 0.0442. The van der Waals surface area contributed by atoms with Gasteiger partial charge in [-0.3, -0.25) is 4.79 Å². The minimum absolute atomic E-state index is 0.0442. The second kappa shape index (κ2) is 5.57. The van der Waals surface area contributed by atoms with E-state index in [1.54, 1.807) is 0 Å². The van der Waals surface area contributed by atoms with E-state index in [1.165, 1.54) is 0 Å². The Labute approximate surface area is 119 Å². The molecule has 1 atom stereocenters. The third kappa shape index (κ3) is 3.23. The maximum atomic E-state index is 12.1. The van der Waals surface area contributed by atoms with Gasteiger partial charge in [0.15, 0.2) is 0 Å². The predicted molar refractivity (Wildman–Crippen MR) is 81.4 cm³/mol. The molecule has 1 aromatic carbocycles. The smallest absolute Gasteiger partial charge is 0.242 e. The summed E-state index contributed by atoms with van der Waals surface area (Å²) in [6.07, 6.45) is 2.18. The lowest BCUT2D eigenvalue weighted by atomic mass is 10.1. The first-order valence-electron chi connectivity index (χ1n) is 6.42. The van der Waals surface area contributed by atoms with Crippen molar-refractivity contribution in [2.24, 2.45) is 5.73 Å². The van der Waals surface area contributed by atoms with Gasteiger partial charge in [0.25, 0.3) is 0 Å². The van der Waals surface area contributed by atoms with Crippen LogP contribution in [0.15, 0.2) is 24.3 Å².